The molecule has 208 valence electrons. The van der Waals surface area contributed by atoms with Crippen molar-refractivity contribution in [3.63, 3.8) is 0 Å². The molecule has 0 saturated carbocycles. The smallest absolute Gasteiger partial charge is 0.475 e. The fraction of sp³-hybridized carbons (Fsp3) is 0.407. The predicted octanol–water partition coefficient (Wildman–Crippen LogP) is 4.00. The highest BCUT2D eigenvalue weighted by molar-refractivity contribution is 5.96. The predicted molar refractivity (Wildman–Crippen MR) is 133 cm³/mol. The van der Waals surface area contributed by atoms with Crippen LogP contribution in [0.5, 0.6) is 0 Å². The third-order valence-electron chi connectivity index (χ3n) is 7.36. The lowest BCUT2D eigenvalue weighted by Gasteiger charge is -2.42. The van der Waals surface area contributed by atoms with E-state index in [4.69, 9.17) is 14.3 Å². The molecule has 5 rings (SSSR count). The van der Waals surface area contributed by atoms with Crippen molar-refractivity contribution in [1.29, 1.82) is 0 Å². The molecule has 4 heterocycles. The van der Waals surface area contributed by atoms with Crippen LogP contribution in [0.4, 0.5) is 13.2 Å². The zero-order chi connectivity index (χ0) is 28.4. The Bertz CT molecular complexity index is 1340. The fourth-order valence-electron chi connectivity index (χ4n) is 5.48. The molecular formula is C27H29F3N4O5. The first-order chi connectivity index (χ1) is 18.4. The lowest BCUT2D eigenvalue weighted by molar-refractivity contribution is -0.192. The van der Waals surface area contributed by atoms with Gasteiger partial charge in [-0.1, -0.05) is 30.3 Å². The van der Waals surface area contributed by atoms with Gasteiger partial charge < -0.3 is 19.3 Å². The number of nitrogens with zero attached hydrogens (tertiary/aromatic N) is 4. The van der Waals surface area contributed by atoms with E-state index in [1.807, 2.05) is 45.8 Å². The second-order valence-corrected chi connectivity index (χ2v) is 9.78. The molecule has 1 N–H and O–H groups in total. The van der Waals surface area contributed by atoms with E-state index in [1.165, 1.54) is 0 Å². The minimum Gasteiger partial charge on any atom is -0.475 e. The normalized spacial score (nSPS) is 21.2. The Labute approximate surface area is 222 Å². The molecule has 1 spiro atoms. The number of aliphatic carboxylic acids is 1. The quantitative estimate of drug-likeness (QED) is 0.530. The molecule has 0 unspecified atom stereocenters. The molecule has 3 aromatic rings. The molecule has 2 aliphatic heterocycles. The van der Waals surface area contributed by atoms with Gasteiger partial charge in [0.05, 0.1) is 17.2 Å². The first-order valence-corrected chi connectivity index (χ1v) is 12.4. The number of carbonyl (C=O) groups excluding carboxylic acids is 2. The van der Waals surface area contributed by atoms with E-state index in [0.29, 0.717) is 31.0 Å². The van der Waals surface area contributed by atoms with Gasteiger partial charge in [0.2, 0.25) is 5.91 Å². The number of carboxylic acids is 1. The van der Waals surface area contributed by atoms with Crippen LogP contribution in [0, 0.1) is 12.3 Å². The number of aromatic nitrogens is 2. The largest absolute Gasteiger partial charge is 0.490 e. The number of piperidine rings is 1. The number of alkyl halides is 3. The summed E-state index contributed by atoms with van der Waals surface area (Å²) in [5.41, 5.74) is 2.04. The van der Waals surface area contributed by atoms with Crippen LogP contribution in [0.25, 0.3) is 0 Å². The molecule has 2 fully saturated rings. The molecule has 9 nitrogen and oxygen atoms in total. The molecule has 2 amide bonds. The van der Waals surface area contributed by atoms with Gasteiger partial charge in [-0.3, -0.25) is 14.3 Å². The molecule has 12 heteroatoms. The first-order valence-electron chi connectivity index (χ1n) is 12.4. The van der Waals surface area contributed by atoms with Crippen LogP contribution in [0.2, 0.25) is 0 Å². The Morgan fingerprint density at radius 1 is 1.18 bits per heavy atom. The summed E-state index contributed by atoms with van der Waals surface area (Å²) in [6.07, 6.45) is -0.0933. The highest BCUT2D eigenvalue weighted by Gasteiger charge is 2.57. The summed E-state index contributed by atoms with van der Waals surface area (Å²) < 4.78 is 38.9. The van der Waals surface area contributed by atoms with E-state index in [9.17, 15) is 22.8 Å². The van der Waals surface area contributed by atoms with Crippen LogP contribution in [-0.2, 0) is 23.2 Å². The summed E-state index contributed by atoms with van der Waals surface area (Å²) in [7, 11) is 1.91. The molecule has 0 bridgehead atoms. The third-order valence-corrected chi connectivity index (χ3v) is 7.36. The Kier molecular flexibility index (Phi) is 7.84. The minimum absolute atomic E-state index is 0.0757. The van der Waals surface area contributed by atoms with Crippen LogP contribution in [0.15, 0.2) is 59.3 Å². The Morgan fingerprint density at radius 3 is 2.44 bits per heavy atom. The Morgan fingerprint density at radius 2 is 1.87 bits per heavy atom. The number of amides is 2. The molecule has 2 aliphatic rings. The van der Waals surface area contributed by atoms with Gasteiger partial charge in [-0.05, 0) is 37.5 Å². The molecular weight excluding hydrogens is 517 g/mol. The number of hydrogen-bond donors (Lipinski definition) is 1. The van der Waals surface area contributed by atoms with E-state index in [-0.39, 0.29) is 17.7 Å². The topological polar surface area (TPSA) is 109 Å². The van der Waals surface area contributed by atoms with E-state index in [2.05, 4.69) is 17.2 Å². The van der Waals surface area contributed by atoms with Gasteiger partial charge in [-0.2, -0.15) is 18.3 Å². The monoisotopic (exact) mass is 546 g/mol. The van der Waals surface area contributed by atoms with Crippen LogP contribution in [-0.4, -0.2) is 68.3 Å². The van der Waals surface area contributed by atoms with Crippen LogP contribution in [0.1, 0.15) is 46.1 Å². The molecule has 39 heavy (non-hydrogen) atoms. The first kappa shape index (κ1) is 27.9. The summed E-state index contributed by atoms with van der Waals surface area (Å²) in [5, 5.41) is 11.5. The van der Waals surface area contributed by atoms with Crippen LogP contribution >= 0.6 is 0 Å². The van der Waals surface area contributed by atoms with Gasteiger partial charge in [0.1, 0.15) is 5.76 Å². The number of likely N-dealkylation sites (tertiary alicyclic amines) is 2. The maximum atomic E-state index is 14.0. The van der Waals surface area contributed by atoms with Crippen molar-refractivity contribution in [3.05, 3.63) is 77.5 Å². The van der Waals surface area contributed by atoms with E-state index < -0.39 is 17.6 Å². The van der Waals surface area contributed by atoms with Gasteiger partial charge in [-0.25, -0.2) is 4.79 Å². The molecule has 0 radical (unpaired) electrons. The summed E-state index contributed by atoms with van der Waals surface area (Å²) in [5.74, 6) is -2.19. The number of carbonyl (C=O) groups is 3. The highest BCUT2D eigenvalue weighted by atomic mass is 19.4. The molecule has 0 aliphatic carbocycles. The lowest BCUT2D eigenvalue weighted by atomic mass is 9.70. The minimum atomic E-state index is -5.08. The van der Waals surface area contributed by atoms with Gasteiger partial charge in [0.15, 0.2) is 0 Å². The molecule has 2 atom stereocenters. The number of furan rings is 1. The number of aryl methyl sites for hydroxylation is 2. The van der Waals surface area contributed by atoms with Gasteiger partial charge in [0.25, 0.3) is 5.91 Å². The Balaban J connectivity index is 0.000000448. The van der Waals surface area contributed by atoms with E-state index >= 15 is 0 Å². The van der Waals surface area contributed by atoms with Crippen molar-refractivity contribution in [3.8, 4) is 0 Å². The molecule has 2 aromatic heterocycles. The van der Waals surface area contributed by atoms with Crippen molar-refractivity contribution < 1.29 is 37.1 Å². The van der Waals surface area contributed by atoms with Gasteiger partial charge in [0, 0.05) is 51.0 Å². The molecule has 1 aromatic carbocycles. The standard InChI is InChI=1S/C25H28N4O3.C2HF3O2/c1-18-20(10-14-32-18)23(30)29-16-21(22-9-12-26-27(22)2)25(17-29)11-6-13-28(24(25)31)15-19-7-4-3-5-8-19;3-2(4,5)1(6)7/h3-5,7-10,12,14,21H,6,11,13,15-17H2,1-2H3;(H,6,7)/t21-,25+;/m0./s1. The van der Waals surface area contributed by atoms with Crippen molar-refractivity contribution in [2.24, 2.45) is 12.5 Å². The Hall–Kier alpha value is -4.09. The number of hydrogen-bond acceptors (Lipinski definition) is 5. The summed E-state index contributed by atoms with van der Waals surface area (Å²) in [6.45, 7) is 4.03. The zero-order valence-electron chi connectivity index (χ0n) is 21.5. The van der Waals surface area contributed by atoms with Gasteiger partial charge >= 0.3 is 12.1 Å². The van der Waals surface area contributed by atoms with Crippen LogP contribution in [0.3, 0.4) is 0 Å². The van der Waals surface area contributed by atoms with Crippen molar-refractivity contribution >= 4 is 17.8 Å². The number of carboxylic acid groups (broad SMARTS) is 1. The number of benzene rings is 1. The third kappa shape index (κ3) is 5.69. The number of rotatable bonds is 4. The van der Waals surface area contributed by atoms with Crippen LogP contribution < -0.4 is 0 Å². The highest BCUT2D eigenvalue weighted by Crippen LogP contribution is 2.49. The SMILES string of the molecule is Cc1occc1C(=O)N1C[C@@H](c2ccnn2C)[C@@]2(CCCN(Cc3ccccc3)C2=O)C1.O=C(O)C(F)(F)F. The van der Waals surface area contributed by atoms with Crippen molar-refractivity contribution in [2.45, 2.75) is 38.4 Å². The van der Waals surface area contributed by atoms with E-state index in [1.54, 1.807) is 25.5 Å². The van der Waals surface area contributed by atoms with Crippen molar-refractivity contribution in [2.75, 3.05) is 19.6 Å². The van der Waals surface area contributed by atoms with Crippen molar-refractivity contribution in [1.82, 2.24) is 19.6 Å². The summed E-state index contributed by atoms with van der Waals surface area (Å²) in [6, 6.07) is 13.8. The number of halogens is 3. The average Bonchev–Trinajstić information content (AvgIpc) is 3.61. The lowest BCUT2D eigenvalue weighted by Crippen LogP contribution is -2.52. The second kappa shape index (κ2) is 11.0. The summed E-state index contributed by atoms with van der Waals surface area (Å²) >= 11 is 0. The average molecular weight is 547 g/mol. The fourth-order valence-corrected chi connectivity index (χ4v) is 5.48. The van der Waals surface area contributed by atoms with Gasteiger partial charge in [-0.15, -0.1) is 0 Å². The zero-order valence-corrected chi connectivity index (χ0v) is 21.5. The maximum absolute atomic E-state index is 14.0. The second-order valence-electron chi connectivity index (χ2n) is 9.78. The maximum Gasteiger partial charge on any atom is 0.490 e. The van der Waals surface area contributed by atoms with E-state index in [0.717, 1.165) is 30.6 Å². The summed E-state index contributed by atoms with van der Waals surface area (Å²) in [4.78, 5) is 40.1. The molecule has 2 saturated heterocycles.